The molecule has 118 valence electrons. The number of rotatable bonds is 1. The highest BCUT2D eigenvalue weighted by Gasteiger charge is 2.63. The summed E-state index contributed by atoms with van der Waals surface area (Å²) in [7, 11) is 0. The molecule has 21 heavy (non-hydrogen) atoms. The maximum Gasteiger partial charge on any atom is 0.0522 e. The molecule has 4 aliphatic rings. The highest BCUT2D eigenvalue weighted by atomic mass is 16.3. The first kappa shape index (κ1) is 14.3. The van der Waals surface area contributed by atoms with E-state index in [1.165, 1.54) is 51.4 Å². The molecule has 1 heteroatoms. The molecule has 5 atom stereocenters. The van der Waals surface area contributed by atoms with Gasteiger partial charge in [-0.1, -0.05) is 39.3 Å². The standard InChI is InChI=1S/C20H32O/c1-17(2)7-4-8-18(3)15(17)6-10-20-12-11-19(13-20,14-21)9-5-16(18)20/h11-12,15-16,21H,4-10,13-14H2,1-3H3/t15-,16+,18-,19+,20+/m0/s1. The molecule has 0 aromatic carbocycles. The summed E-state index contributed by atoms with van der Waals surface area (Å²) in [5, 5.41) is 9.88. The van der Waals surface area contributed by atoms with Crippen molar-refractivity contribution in [2.24, 2.45) is 33.5 Å². The fraction of sp³-hybridized carbons (Fsp3) is 0.900. The zero-order valence-electron chi connectivity index (χ0n) is 14.1. The summed E-state index contributed by atoms with van der Waals surface area (Å²) in [4.78, 5) is 0. The molecular formula is C20H32O. The minimum atomic E-state index is 0.143. The van der Waals surface area contributed by atoms with Crippen LogP contribution in [0.15, 0.2) is 12.2 Å². The van der Waals surface area contributed by atoms with Gasteiger partial charge in [-0.15, -0.1) is 0 Å². The lowest BCUT2D eigenvalue weighted by molar-refractivity contribution is -0.144. The molecule has 0 aromatic rings. The van der Waals surface area contributed by atoms with Gasteiger partial charge in [0.1, 0.15) is 0 Å². The van der Waals surface area contributed by atoms with Gasteiger partial charge in [0.25, 0.3) is 0 Å². The van der Waals surface area contributed by atoms with Crippen LogP contribution in [-0.4, -0.2) is 11.7 Å². The molecule has 3 fully saturated rings. The second-order valence-corrected chi connectivity index (χ2v) is 9.79. The normalized spacial score (nSPS) is 54.1. The second kappa shape index (κ2) is 4.16. The molecule has 1 spiro atoms. The Balaban J connectivity index is 1.72. The highest BCUT2D eigenvalue weighted by molar-refractivity contribution is 5.25. The van der Waals surface area contributed by atoms with Crippen molar-refractivity contribution in [3.63, 3.8) is 0 Å². The zero-order chi connectivity index (χ0) is 14.9. The number of hydrogen-bond donors (Lipinski definition) is 1. The van der Waals surface area contributed by atoms with E-state index < -0.39 is 0 Å². The number of allylic oxidation sites excluding steroid dienone is 1. The van der Waals surface area contributed by atoms with Crippen LogP contribution in [0.5, 0.6) is 0 Å². The minimum Gasteiger partial charge on any atom is -0.395 e. The van der Waals surface area contributed by atoms with Gasteiger partial charge in [-0.25, -0.2) is 0 Å². The summed E-state index contributed by atoms with van der Waals surface area (Å²) in [6, 6.07) is 0. The fourth-order valence-electron chi connectivity index (χ4n) is 7.48. The summed E-state index contributed by atoms with van der Waals surface area (Å²) in [5.74, 6) is 1.77. The van der Waals surface area contributed by atoms with Crippen molar-refractivity contribution in [3.05, 3.63) is 12.2 Å². The van der Waals surface area contributed by atoms with Crippen LogP contribution in [-0.2, 0) is 0 Å². The van der Waals surface area contributed by atoms with Crippen molar-refractivity contribution >= 4 is 0 Å². The Morgan fingerprint density at radius 2 is 1.71 bits per heavy atom. The molecule has 3 saturated carbocycles. The van der Waals surface area contributed by atoms with Gasteiger partial charge in [-0.3, -0.25) is 0 Å². The maximum absolute atomic E-state index is 9.88. The second-order valence-electron chi connectivity index (χ2n) is 9.79. The van der Waals surface area contributed by atoms with E-state index >= 15 is 0 Å². The lowest BCUT2D eigenvalue weighted by Crippen LogP contribution is -2.56. The molecule has 0 amide bonds. The predicted molar refractivity (Wildman–Crippen MR) is 86.9 cm³/mol. The van der Waals surface area contributed by atoms with E-state index in [2.05, 4.69) is 32.9 Å². The molecular weight excluding hydrogens is 256 g/mol. The van der Waals surface area contributed by atoms with Crippen LogP contribution in [0.2, 0.25) is 0 Å². The molecule has 4 rings (SSSR count). The van der Waals surface area contributed by atoms with Crippen molar-refractivity contribution in [3.8, 4) is 0 Å². The molecule has 0 unspecified atom stereocenters. The maximum atomic E-state index is 9.88. The third-order valence-corrected chi connectivity index (χ3v) is 8.36. The third kappa shape index (κ3) is 1.73. The van der Waals surface area contributed by atoms with Gasteiger partial charge in [0, 0.05) is 5.41 Å². The molecule has 0 aliphatic heterocycles. The van der Waals surface area contributed by atoms with Crippen LogP contribution in [0.3, 0.4) is 0 Å². The van der Waals surface area contributed by atoms with Gasteiger partial charge >= 0.3 is 0 Å². The smallest absolute Gasteiger partial charge is 0.0522 e. The summed E-state index contributed by atoms with van der Waals surface area (Å²) in [6.07, 6.45) is 15.8. The van der Waals surface area contributed by atoms with Crippen LogP contribution in [0, 0.1) is 33.5 Å². The molecule has 0 aromatic heterocycles. The Bertz CT molecular complexity index is 478. The molecule has 0 saturated heterocycles. The minimum absolute atomic E-state index is 0.143. The SMILES string of the molecule is CC1(C)CCC[C@@]2(C)[C@H]1CC[C@]13C=C[C@](CO)(CC[C@@H]12)C3. The van der Waals surface area contributed by atoms with E-state index in [9.17, 15) is 5.11 Å². The van der Waals surface area contributed by atoms with Crippen molar-refractivity contribution in [2.45, 2.75) is 72.1 Å². The van der Waals surface area contributed by atoms with Gasteiger partial charge < -0.3 is 5.11 Å². The molecule has 2 bridgehead atoms. The third-order valence-electron chi connectivity index (χ3n) is 8.36. The van der Waals surface area contributed by atoms with Gasteiger partial charge in [0.15, 0.2) is 0 Å². The van der Waals surface area contributed by atoms with Crippen LogP contribution in [0.25, 0.3) is 0 Å². The largest absolute Gasteiger partial charge is 0.395 e. The Kier molecular flexibility index (Phi) is 2.83. The first-order chi connectivity index (χ1) is 9.86. The number of hydrogen-bond acceptors (Lipinski definition) is 1. The number of fused-ring (bicyclic) bond motifs is 3. The van der Waals surface area contributed by atoms with E-state index in [1.807, 2.05) is 0 Å². The molecule has 4 aliphatic carbocycles. The Morgan fingerprint density at radius 3 is 2.48 bits per heavy atom. The van der Waals surface area contributed by atoms with Gasteiger partial charge in [-0.05, 0) is 73.0 Å². The molecule has 1 N–H and O–H groups in total. The average molecular weight is 288 g/mol. The Hall–Kier alpha value is -0.300. The van der Waals surface area contributed by atoms with Crippen LogP contribution in [0.1, 0.15) is 72.1 Å². The summed E-state index contributed by atoms with van der Waals surface area (Å²) in [5.41, 5.74) is 1.64. The van der Waals surface area contributed by atoms with E-state index in [1.54, 1.807) is 0 Å². The first-order valence-electron chi connectivity index (χ1n) is 9.17. The van der Waals surface area contributed by atoms with E-state index in [0.717, 1.165) is 11.8 Å². The summed E-state index contributed by atoms with van der Waals surface area (Å²) >= 11 is 0. The zero-order valence-corrected chi connectivity index (χ0v) is 14.1. The quantitative estimate of drug-likeness (QED) is 0.677. The lowest BCUT2D eigenvalue weighted by Gasteiger charge is -2.64. The fourth-order valence-corrected chi connectivity index (χ4v) is 7.48. The van der Waals surface area contributed by atoms with Gasteiger partial charge in [-0.2, -0.15) is 0 Å². The molecule has 0 radical (unpaired) electrons. The first-order valence-corrected chi connectivity index (χ1v) is 9.17. The number of aliphatic hydroxyl groups is 1. The highest BCUT2D eigenvalue weighted by Crippen LogP contribution is 2.71. The Morgan fingerprint density at radius 1 is 0.952 bits per heavy atom. The van der Waals surface area contributed by atoms with E-state index in [4.69, 9.17) is 0 Å². The summed E-state index contributed by atoms with van der Waals surface area (Å²) < 4.78 is 0. The number of aliphatic hydroxyl groups excluding tert-OH is 1. The topological polar surface area (TPSA) is 20.2 Å². The van der Waals surface area contributed by atoms with Crippen LogP contribution >= 0.6 is 0 Å². The van der Waals surface area contributed by atoms with Crippen molar-refractivity contribution in [1.82, 2.24) is 0 Å². The van der Waals surface area contributed by atoms with Gasteiger partial charge in [0.05, 0.1) is 6.61 Å². The lowest BCUT2D eigenvalue weighted by atomic mass is 9.40. The van der Waals surface area contributed by atoms with E-state index in [-0.39, 0.29) is 5.41 Å². The molecule has 1 nitrogen and oxygen atoms in total. The van der Waals surface area contributed by atoms with Crippen molar-refractivity contribution in [1.29, 1.82) is 0 Å². The van der Waals surface area contributed by atoms with Crippen molar-refractivity contribution < 1.29 is 5.11 Å². The van der Waals surface area contributed by atoms with Crippen molar-refractivity contribution in [2.75, 3.05) is 6.61 Å². The molecule has 0 heterocycles. The van der Waals surface area contributed by atoms with Crippen LogP contribution in [0.4, 0.5) is 0 Å². The van der Waals surface area contributed by atoms with Crippen LogP contribution < -0.4 is 0 Å². The monoisotopic (exact) mass is 288 g/mol. The summed E-state index contributed by atoms with van der Waals surface area (Å²) in [6.45, 7) is 8.04. The predicted octanol–water partition coefficient (Wildman–Crippen LogP) is 4.95. The Labute approximate surface area is 130 Å². The van der Waals surface area contributed by atoms with E-state index in [0.29, 0.717) is 22.9 Å². The van der Waals surface area contributed by atoms with Gasteiger partial charge in [0.2, 0.25) is 0 Å². The average Bonchev–Trinajstić information content (AvgIpc) is 2.70.